The molecule has 1 aromatic heterocycles. The van der Waals surface area contributed by atoms with Crippen LogP contribution >= 0.6 is 0 Å². The highest BCUT2D eigenvalue weighted by Crippen LogP contribution is 2.30. The Labute approximate surface area is 173 Å². The maximum absolute atomic E-state index is 4.99. The normalized spacial score (nSPS) is 18.2. The zero-order valence-corrected chi connectivity index (χ0v) is 17.2. The maximum atomic E-state index is 4.99. The molecule has 3 aromatic rings. The number of piperidine rings is 1. The van der Waals surface area contributed by atoms with Gasteiger partial charge in [0.05, 0.1) is 11.4 Å². The molecule has 29 heavy (non-hydrogen) atoms. The summed E-state index contributed by atoms with van der Waals surface area (Å²) in [4.78, 5) is 2.68. The fraction of sp³-hybridized carbons (Fsp3) is 0.400. The van der Waals surface area contributed by atoms with Crippen LogP contribution in [0.3, 0.4) is 0 Å². The molecule has 2 aromatic carbocycles. The Morgan fingerprint density at radius 2 is 1.66 bits per heavy atom. The molecule has 0 radical (unpaired) electrons. The lowest BCUT2D eigenvalue weighted by molar-refractivity contribution is 0.189. The number of likely N-dealkylation sites (tertiary alicyclic amines) is 1. The number of benzene rings is 2. The first-order valence-electron chi connectivity index (χ1n) is 11.0. The average molecular weight is 387 g/mol. The molecular weight excluding hydrogens is 356 g/mol. The van der Waals surface area contributed by atoms with Crippen molar-refractivity contribution >= 4 is 0 Å². The molecule has 150 valence electrons. The van der Waals surface area contributed by atoms with Crippen molar-refractivity contribution in [1.29, 1.82) is 0 Å². The molecule has 4 nitrogen and oxygen atoms in total. The third kappa shape index (κ3) is 4.14. The van der Waals surface area contributed by atoms with Crippen molar-refractivity contribution in [1.82, 2.24) is 20.0 Å². The molecule has 1 aliphatic carbocycles. The summed E-state index contributed by atoms with van der Waals surface area (Å²) in [5, 5.41) is 8.82. The molecule has 1 N–H and O–H groups in total. The zero-order valence-electron chi connectivity index (χ0n) is 17.2. The van der Waals surface area contributed by atoms with Crippen molar-refractivity contribution in [2.24, 2.45) is 0 Å². The van der Waals surface area contributed by atoms with Crippen molar-refractivity contribution in [3.05, 3.63) is 71.9 Å². The van der Waals surface area contributed by atoms with Crippen LogP contribution in [-0.2, 0) is 6.54 Å². The molecule has 1 aliphatic heterocycles. The van der Waals surface area contributed by atoms with E-state index in [2.05, 4.69) is 71.9 Å². The minimum absolute atomic E-state index is 0.606. The number of nitrogens with zero attached hydrogens (tertiary/aromatic N) is 3. The second-order valence-corrected chi connectivity index (χ2v) is 8.52. The molecule has 0 atom stereocenters. The number of hydrogen-bond acceptors (Lipinski definition) is 3. The molecular formula is C25H30N4. The van der Waals surface area contributed by atoms with E-state index in [1.807, 2.05) is 10.7 Å². The van der Waals surface area contributed by atoms with Gasteiger partial charge in [-0.2, -0.15) is 5.10 Å². The van der Waals surface area contributed by atoms with Gasteiger partial charge in [0.2, 0.25) is 0 Å². The van der Waals surface area contributed by atoms with Crippen molar-refractivity contribution in [3.8, 4) is 16.9 Å². The third-order valence-electron chi connectivity index (χ3n) is 6.38. The first-order valence-corrected chi connectivity index (χ1v) is 11.0. The van der Waals surface area contributed by atoms with E-state index in [9.17, 15) is 0 Å². The largest absolute Gasteiger partial charge is 0.310 e. The van der Waals surface area contributed by atoms with Gasteiger partial charge in [0.15, 0.2) is 0 Å². The fourth-order valence-electron chi connectivity index (χ4n) is 4.48. The van der Waals surface area contributed by atoms with Gasteiger partial charge in [-0.15, -0.1) is 0 Å². The molecule has 1 saturated carbocycles. The third-order valence-corrected chi connectivity index (χ3v) is 6.38. The highest BCUT2D eigenvalue weighted by atomic mass is 15.3. The van der Waals surface area contributed by atoms with Crippen LogP contribution in [0.4, 0.5) is 0 Å². The molecule has 0 bridgehead atoms. The van der Waals surface area contributed by atoms with Crippen LogP contribution in [0.1, 0.15) is 36.8 Å². The highest BCUT2D eigenvalue weighted by molar-refractivity contribution is 5.66. The van der Waals surface area contributed by atoms with E-state index < -0.39 is 0 Å². The smallest absolute Gasteiger partial charge is 0.0975 e. The Bertz CT molecular complexity index is 950. The summed E-state index contributed by atoms with van der Waals surface area (Å²) < 4.78 is 2.02. The summed E-state index contributed by atoms with van der Waals surface area (Å²) in [5.74, 6) is 0. The van der Waals surface area contributed by atoms with Gasteiger partial charge in [-0.25, -0.2) is 4.68 Å². The Kier molecular flexibility index (Phi) is 5.21. The van der Waals surface area contributed by atoms with E-state index >= 15 is 0 Å². The minimum atomic E-state index is 0.606. The van der Waals surface area contributed by atoms with Crippen LogP contribution in [0.2, 0.25) is 0 Å². The highest BCUT2D eigenvalue weighted by Gasteiger charge is 2.31. The number of aryl methyl sites for hydroxylation is 1. The summed E-state index contributed by atoms with van der Waals surface area (Å²) in [6, 6.07) is 20.5. The van der Waals surface area contributed by atoms with Crippen molar-refractivity contribution in [3.63, 3.8) is 0 Å². The standard InChI is InChI=1S/C25H30N4/c1-19-7-5-6-10-24(19)25-20(18-29(27-25)23-8-3-2-4-9-23)17-26-21-13-15-28(16-14-21)22-11-12-22/h2-10,18,21-22,26H,11-17H2,1H3. The molecule has 0 unspecified atom stereocenters. The molecule has 0 spiro atoms. The molecule has 5 rings (SSSR count). The Morgan fingerprint density at radius 1 is 0.931 bits per heavy atom. The van der Waals surface area contributed by atoms with Crippen molar-refractivity contribution in [2.45, 2.75) is 51.2 Å². The van der Waals surface area contributed by atoms with E-state index in [1.54, 1.807) is 0 Å². The summed E-state index contributed by atoms with van der Waals surface area (Å²) >= 11 is 0. The summed E-state index contributed by atoms with van der Waals surface area (Å²) in [6.07, 6.45) is 7.53. The number of nitrogens with one attached hydrogen (secondary N) is 1. The average Bonchev–Trinajstić information content (AvgIpc) is 3.53. The second kappa shape index (κ2) is 8.13. The number of aromatic nitrogens is 2. The minimum Gasteiger partial charge on any atom is -0.310 e. The lowest BCUT2D eigenvalue weighted by atomic mass is 10.0. The summed E-state index contributed by atoms with van der Waals surface area (Å²) in [5.41, 5.74) is 5.96. The lowest BCUT2D eigenvalue weighted by Crippen LogP contribution is -2.43. The Hall–Kier alpha value is -2.43. The van der Waals surface area contributed by atoms with Crippen LogP contribution in [-0.4, -0.2) is 39.9 Å². The molecule has 2 fully saturated rings. The second-order valence-electron chi connectivity index (χ2n) is 8.52. The van der Waals surface area contributed by atoms with E-state index in [-0.39, 0.29) is 0 Å². The number of rotatable bonds is 6. The zero-order chi connectivity index (χ0) is 19.6. The topological polar surface area (TPSA) is 33.1 Å². The van der Waals surface area contributed by atoms with Gasteiger partial charge in [-0.1, -0.05) is 42.5 Å². The van der Waals surface area contributed by atoms with Gasteiger partial charge in [0.25, 0.3) is 0 Å². The first-order chi connectivity index (χ1) is 14.3. The van der Waals surface area contributed by atoms with Crippen LogP contribution in [0.15, 0.2) is 60.8 Å². The van der Waals surface area contributed by atoms with Gasteiger partial charge in [-0.3, -0.25) is 0 Å². The van der Waals surface area contributed by atoms with Crippen LogP contribution in [0.25, 0.3) is 16.9 Å². The van der Waals surface area contributed by atoms with Gasteiger partial charge >= 0.3 is 0 Å². The first kappa shape index (κ1) is 18.6. The van der Waals surface area contributed by atoms with Gasteiger partial charge in [-0.05, 0) is 63.4 Å². The Balaban J connectivity index is 1.36. The molecule has 2 aliphatic rings. The molecule has 2 heterocycles. The van der Waals surface area contributed by atoms with E-state index in [0.717, 1.165) is 24.0 Å². The predicted molar refractivity (Wildman–Crippen MR) is 118 cm³/mol. The van der Waals surface area contributed by atoms with Crippen molar-refractivity contribution in [2.75, 3.05) is 13.1 Å². The SMILES string of the molecule is Cc1ccccc1-c1nn(-c2ccccc2)cc1CNC1CCN(C2CC2)CC1. The monoisotopic (exact) mass is 386 g/mol. The van der Waals surface area contributed by atoms with Crippen LogP contribution in [0.5, 0.6) is 0 Å². The van der Waals surface area contributed by atoms with Crippen LogP contribution in [0, 0.1) is 6.92 Å². The van der Waals surface area contributed by atoms with Crippen LogP contribution < -0.4 is 5.32 Å². The summed E-state index contributed by atoms with van der Waals surface area (Å²) in [7, 11) is 0. The molecule has 0 amide bonds. The van der Waals surface area contributed by atoms with Gasteiger partial charge < -0.3 is 10.2 Å². The lowest BCUT2D eigenvalue weighted by Gasteiger charge is -2.32. The van der Waals surface area contributed by atoms with Crippen molar-refractivity contribution < 1.29 is 0 Å². The number of para-hydroxylation sites is 1. The maximum Gasteiger partial charge on any atom is 0.0975 e. The summed E-state index contributed by atoms with van der Waals surface area (Å²) in [6.45, 7) is 5.53. The predicted octanol–water partition coefficient (Wildman–Crippen LogP) is 4.56. The molecule has 4 heteroatoms. The van der Waals surface area contributed by atoms with E-state index in [1.165, 1.54) is 55.5 Å². The van der Waals surface area contributed by atoms with E-state index in [0.29, 0.717) is 6.04 Å². The number of hydrogen-bond donors (Lipinski definition) is 1. The quantitative estimate of drug-likeness (QED) is 0.674. The molecule has 1 saturated heterocycles. The van der Waals surface area contributed by atoms with E-state index in [4.69, 9.17) is 5.10 Å². The fourth-order valence-corrected chi connectivity index (χ4v) is 4.48. The Morgan fingerprint density at radius 3 is 2.38 bits per heavy atom. The van der Waals surface area contributed by atoms with Gasteiger partial charge in [0.1, 0.15) is 0 Å². The van der Waals surface area contributed by atoms with Gasteiger partial charge in [0, 0.05) is 36.0 Å².